The third-order valence-electron chi connectivity index (χ3n) is 5.86. The molecular formula is C22H23N7O. The number of nitrogens with zero attached hydrogens (tertiary/aromatic N) is 5. The third kappa shape index (κ3) is 3.09. The van der Waals surface area contributed by atoms with Crippen LogP contribution in [0.5, 0.6) is 0 Å². The molecule has 2 fully saturated rings. The minimum Gasteiger partial charge on any atom is -0.378 e. The molecule has 8 nitrogen and oxygen atoms in total. The Labute approximate surface area is 173 Å². The fraction of sp³-hybridized carbons (Fsp3) is 0.318. The number of aromatic nitrogens is 5. The van der Waals surface area contributed by atoms with Crippen LogP contribution >= 0.6 is 0 Å². The van der Waals surface area contributed by atoms with Gasteiger partial charge in [0, 0.05) is 54.0 Å². The lowest BCUT2D eigenvalue weighted by molar-refractivity contribution is 0.122. The van der Waals surface area contributed by atoms with Crippen molar-refractivity contribution in [2.75, 3.05) is 36.5 Å². The highest BCUT2D eigenvalue weighted by molar-refractivity contribution is 5.75. The van der Waals surface area contributed by atoms with E-state index in [-0.39, 0.29) is 0 Å². The van der Waals surface area contributed by atoms with E-state index in [1.54, 1.807) is 0 Å². The maximum Gasteiger partial charge on any atom is 0.180 e. The smallest absolute Gasteiger partial charge is 0.180 e. The van der Waals surface area contributed by atoms with Gasteiger partial charge in [-0.15, -0.1) is 0 Å². The Morgan fingerprint density at radius 2 is 1.87 bits per heavy atom. The van der Waals surface area contributed by atoms with E-state index in [9.17, 15) is 0 Å². The van der Waals surface area contributed by atoms with Gasteiger partial charge in [0.2, 0.25) is 0 Å². The highest BCUT2D eigenvalue weighted by Crippen LogP contribution is 2.43. The van der Waals surface area contributed by atoms with E-state index in [1.807, 2.05) is 24.8 Å². The molecule has 0 bridgehead atoms. The third-order valence-corrected chi connectivity index (χ3v) is 5.86. The highest BCUT2D eigenvalue weighted by Gasteiger charge is 2.29. The van der Waals surface area contributed by atoms with Crippen molar-refractivity contribution in [2.45, 2.75) is 18.8 Å². The van der Waals surface area contributed by atoms with Crippen LogP contribution in [0, 0.1) is 0 Å². The summed E-state index contributed by atoms with van der Waals surface area (Å²) < 4.78 is 7.52. The zero-order valence-electron chi connectivity index (χ0n) is 16.6. The molecular weight excluding hydrogens is 378 g/mol. The number of hydrogen-bond donors (Lipinski definition) is 2. The summed E-state index contributed by atoms with van der Waals surface area (Å²) in [5.41, 5.74) is 6.31. The summed E-state index contributed by atoms with van der Waals surface area (Å²) in [7, 11) is 0. The number of ether oxygens (including phenoxy) is 1. The maximum atomic E-state index is 5.44. The summed E-state index contributed by atoms with van der Waals surface area (Å²) in [5.74, 6) is 1.32. The molecule has 2 aliphatic rings. The Balaban J connectivity index is 1.29. The molecule has 152 valence electrons. The molecule has 0 amide bonds. The minimum atomic E-state index is 0.587. The van der Waals surface area contributed by atoms with Gasteiger partial charge in [-0.2, -0.15) is 5.10 Å². The first-order chi connectivity index (χ1) is 14.9. The van der Waals surface area contributed by atoms with E-state index in [1.165, 1.54) is 24.2 Å². The lowest BCUT2D eigenvalue weighted by atomic mass is 10.1. The van der Waals surface area contributed by atoms with Crippen molar-refractivity contribution in [3.05, 3.63) is 54.7 Å². The van der Waals surface area contributed by atoms with Gasteiger partial charge in [0.05, 0.1) is 31.3 Å². The van der Waals surface area contributed by atoms with Crippen LogP contribution in [-0.2, 0) is 4.74 Å². The summed E-state index contributed by atoms with van der Waals surface area (Å²) in [4.78, 5) is 11.6. The Morgan fingerprint density at radius 3 is 2.67 bits per heavy atom. The van der Waals surface area contributed by atoms with Crippen LogP contribution in [0.2, 0.25) is 0 Å². The number of imidazole rings is 1. The zero-order chi connectivity index (χ0) is 19.9. The van der Waals surface area contributed by atoms with Crippen molar-refractivity contribution < 1.29 is 4.74 Å². The molecule has 1 saturated heterocycles. The average Bonchev–Trinajstić information content (AvgIpc) is 3.31. The van der Waals surface area contributed by atoms with Gasteiger partial charge in [-0.05, 0) is 37.1 Å². The molecule has 6 rings (SSSR count). The molecule has 30 heavy (non-hydrogen) atoms. The Bertz CT molecular complexity index is 1170. The molecule has 1 aliphatic heterocycles. The molecule has 1 aliphatic carbocycles. The normalized spacial score (nSPS) is 16.9. The van der Waals surface area contributed by atoms with E-state index in [2.05, 4.69) is 54.1 Å². The van der Waals surface area contributed by atoms with Gasteiger partial charge in [-0.3, -0.25) is 9.50 Å². The molecule has 0 atom stereocenters. The SMILES string of the molecule is c1cn2c(-c3cn[nH]c3C3CC3)cnc(Nc3ccc(N4CCOCC4)cc3)c2n1. The molecule has 1 saturated carbocycles. The van der Waals surface area contributed by atoms with Crippen molar-refractivity contribution >= 4 is 22.8 Å². The number of benzene rings is 1. The predicted octanol–water partition coefficient (Wildman–Crippen LogP) is 3.58. The lowest BCUT2D eigenvalue weighted by Crippen LogP contribution is -2.36. The van der Waals surface area contributed by atoms with Crippen LogP contribution in [0.4, 0.5) is 17.2 Å². The van der Waals surface area contributed by atoms with Crippen molar-refractivity contribution in [3.8, 4) is 11.3 Å². The van der Waals surface area contributed by atoms with Crippen LogP contribution < -0.4 is 10.2 Å². The molecule has 4 heterocycles. The van der Waals surface area contributed by atoms with E-state index < -0.39 is 0 Å². The Hall–Kier alpha value is -3.39. The molecule has 2 N–H and O–H groups in total. The first kappa shape index (κ1) is 17.5. The van der Waals surface area contributed by atoms with Gasteiger partial charge in [0.25, 0.3) is 0 Å². The van der Waals surface area contributed by atoms with Crippen LogP contribution in [0.15, 0.2) is 49.1 Å². The summed E-state index contributed by atoms with van der Waals surface area (Å²) in [5, 5.41) is 10.9. The van der Waals surface area contributed by atoms with E-state index in [0.29, 0.717) is 5.92 Å². The molecule has 8 heteroatoms. The van der Waals surface area contributed by atoms with Crippen LogP contribution in [0.3, 0.4) is 0 Å². The maximum absolute atomic E-state index is 5.44. The number of rotatable bonds is 5. The highest BCUT2D eigenvalue weighted by atomic mass is 16.5. The van der Waals surface area contributed by atoms with Crippen molar-refractivity contribution in [1.29, 1.82) is 0 Å². The van der Waals surface area contributed by atoms with Gasteiger partial charge in [0.1, 0.15) is 0 Å². The van der Waals surface area contributed by atoms with Crippen LogP contribution in [0.25, 0.3) is 16.9 Å². The fourth-order valence-corrected chi connectivity index (χ4v) is 4.10. The van der Waals surface area contributed by atoms with Crippen LogP contribution in [0.1, 0.15) is 24.5 Å². The summed E-state index contributed by atoms with van der Waals surface area (Å²) >= 11 is 0. The Kier molecular flexibility index (Phi) is 4.16. The van der Waals surface area contributed by atoms with E-state index in [0.717, 1.165) is 54.7 Å². The standard InChI is InChI=1S/C22H23N7O/c1-2-15(1)20-18(13-25-27-20)19-14-24-21(22-23-7-8-29(19)22)26-16-3-5-17(6-4-16)28-9-11-30-12-10-28/h3-8,13-15H,1-2,9-12H2,(H,24,26)(H,25,27). The molecule has 0 unspecified atom stereocenters. The quantitative estimate of drug-likeness (QED) is 0.532. The van der Waals surface area contributed by atoms with E-state index in [4.69, 9.17) is 9.72 Å². The molecule has 0 radical (unpaired) electrons. The molecule has 1 aromatic carbocycles. The first-order valence-corrected chi connectivity index (χ1v) is 10.4. The second-order valence-electron chi connectivity index (χ2n) is 7.86. The summed E-state index contributed by atoms with van der Waals surface area (Å²) in [6.07, 6.45) is 10.0. The van der Waals surface area contributed by atoms with Crippen molar-refractivity contribution in [2.24, 2.45) is 0 Å². The second-order valence-corrected chi connectivity index (χ2v) is 7.86. The van der Waals surface area contributed by atoms with Gasteiger partial charge < -0.3 is 15.0 Å². The van der Waals surface area contributed by atoms with Crippen molar-refractivity contribution in [3.63, 3.8) is 0 Å². The number of morpholine rings is 1. The van der Waals surface area contributed by atoms with Gasteiger partial charge in [0.15, 0.2) is 11.5 Å². The lowest BCUT2D eigenvalue weighted by Gasteiger charge is -2.28. The zero-order valence-corrected chi connectivity index (χ0v) is 16.6. The monoisotopic (exact) mass is 401 g/mol. The number of anilines is 3. The number of hydrogen-bond acceptors (Lipinski definition) is 6. The largest absolute Gasteiger partial charge is 0.378 e. The summed E-state index contributed by atoms with van der Waals surface area (Å²) in [6.45, 7) is 3.43. The van der Waals surface area contributed by atoms with Crippen LogP contribution in [-0.4, -0.2) is 50.9 Å². The number of aromatic amines is 1. The first-order valence-electron chi connectivity index (χ1n) is 10.4. The average molecular weight is 401 g/mol. The Morgan fingerprint density at radius 1 is 1.03 bits per heavy atom. The predicted molar refractivity (Wildman–Crippen MR) is 115 cm³/mol. The second kappa shape index (κ2) is 7.14. The number of nitrogens with one attached hydrogen (secondary N) is 2. The van der Waals surface area contributed by atoms with Gasteiger partial charge >= 0.3 is 0 Å². The summed E-state index contributed by atoms with van der Waals surface area (Å²) in [6, 6.07) is 8.44. The topological polar surface area (TPSA) is 83.4 Å². The number of fused-ring (bicyclic) bond motifs is 1. The molecule has 0 spiro atoms. The fourth-order valence-electron chi connectivity index (χ4n) is 4.10. The molecule has 4 aromatic rings. The van der Waals surface area contributed by atoms with Gasteiger partial charge in [-0.1, -0.05) is 0 Å². The van der Waals surface area contributed by atoms with E-state index >= 15 is 0 Å². The van der Waals surface area contributed by atoms with Gasteiger partial charge in [-0.25, -0.2) is 9.97 Å². The molecule has 3 aromatic heterocycles. The minimum absolute atomic E-state index is 0.587. The number of H-pyrrole nitrogens is 1. The van der Waals surface area contributed by atoms with Crippen molar-refractivity contribution in [1.82, 2.24) is 24.6 Å².